The van der Waals surface area contributed by atoms with E-state index < -0.39 is 17.4 Å². The third kappa shape index (κ3) is 5.77. The number of carbonyl (C=O) groups excluding carboxylic acids is 2. The van der Waals surface area contributed by atoms with Gasteiger partial charge in [0.2, 0.25) is 0 Å². The molecule has 1 N–H and O–H groups in total. The first-order valence-corrected chi connectivity index (χ1v) is 12.1. The van der Waals surface area contributed by atoms with Crippen LogP contribution >= 0.6 is 0 Å². The molecule has 188 valence electrons. The minimum Gasteiger partial charge on any atom is -0.484 e. The number of likely N-dealkylation sites (N-methyl/N-ethyl adjacent to an activating group) is 1. The highest BCUT2D eigenvalue weighted by Gasteiger charge is 2.57. The molecule has 8 nitrogen and oxygen atoms in total. The van der Waals surface area contributed by atoms with Crippen LogP contribution in [0.25, 0.3) is 0 Å². The minimum atomic E-state index is -0.740. The van der Waals surface area contributed by atoms with Crippen LogP contribution in [0.4, 0.5) is 4.79 Å². The molecular weight excluding hydrogens is 446 g/mol. The fourth-order valence-corrected chi connectivity index (χ4v) is 4.70. The third-order valence-electron chi connectivity index (χ3n) is 6.26. The number of hydrogen-bond donors (Lipinski definition) is 1. The topological polar surface area (TPSA) is 80.3 Å². The van der Waals surface area contributed by atoms with Gasteiger partial charge in [0.05, 0.1) is 6.04 Å². The van der Waals surface area contributed by atoms with Crippen molar-refractivity contribution in [3.63, 3.8) is 0 Å². The van der Waals surface area contributed by atoms with Gasteiger partial charge in [0.1, 0.15) is 11.4 Å². The summed E-state index contributed by atoms with van der Waals surface area (Å²) in [5.41, 5.74) is 0.758. The van der Waals surface area contributed by atoms with Crippen molar-refractivity contribution in [2.45, 2.75) is 63.9 Å². The smallest absolute Gasteiger partial charge is 0.427 e. The summed E-state index contributed by atoms with van der Waals surface area (Å²) in [5, 5.41) is 6.35. The van der Waals surface area contributed by atoms with Gasteiger partial charge in [-0.2, -0.15) is 0 Å². The number of rotatable bonds is 6. The summed E-state index contributed by atoms with van der Waals surface area (Å²) in [5.74, 6) is 0.424. The van der Waals surface area contributed by atoms with Gasteiger partial charge in [-0.3, -0.25) is 4.79 Å². The van der Waals surface area contributed by atoms with Crippen molar-refractivity contribution in [2.24, 2.45) is 0 Å². The van der Waals surface area contributed by atoms with Crippen LogP contribution in [-0.4, -0.2) is 53.6 Å². The lowest BCUT2D eigenvalue weighted by Gasteiger charge is -2.39. The number of hydrogen-bond acceptors (Lipinski definition) is 6. The number of ether oxygens (including phenoxy) is 3. The molecule has 2 heterocycles. The first kappa shape index (κ1) is 25.0. The molecular formula is C27H35N3O5. The van der Waals surface area contributed by atoms with E-state index in [2.05, 4.69) is 22.5 Å². The van der Waals surface area contributed by atoms with Gasteiger partial charge >= 0.3 is 6.09 Å². The lowest BCUT2D eigenvalue weighted by molar-refractivity contribution is -0.164. The molecule has 4 rings (SSSR count). The van der Waals surface area contributed by atoms with Crippen molar-refractivity contribution in [2.75, 3.05) is 20.3 Å². The molecule has 2 aromatic rings. The molecule has 0 radical (unpaired) electrons. The molecule has 0 aromatic heterocycles. The number of amides is 2. The van der Waals surface area contributed by atoms with Crippen LogP contribution < -0.4 is 10.1 Å². The molecule has 2 saturated heterocycles. The van der Waals surface area contributed by atoms with E-state index in [1.807, 2.05) is 63.2 Å². The van der Waals surface area contributed by atoms with E-state index in [1.54, 1.807) is 12.1 Å². The zero-order valence-corrected chi connectivity index (χ0v) is 21.0. The summed E-state index contributed by atoms with van der Waals surface area (Å²) in [7, 11) is 1.58. The van der Waals surface area contributed by atoms with Crippen LogP contribution in [0.1, 0.15) is 57.2 Å². The molecule has 2 aromatic carbocycles. The summed E-state index contributed by atoms with van der Waals surface area (Å²) in [6.45, 7) is 6.73. The van der Waals surface area contributed by atoms with Gasteiger partial charge in [-0.15, -0.1) is 0 Å². The Labute approximate surface area is 207 Å². The van der Waals surface area contributed by atoms with Gasteiger partial charge in [-0.05, 0) is 56.9 Å². The monoisotopic (exact) mass is 481 g/mol. The Balaban J connectivity index is 1.66. The van der Waals surface area contributed by atoms with Crippen LogP contribution in [0.3, 0.4) is 0 Å². The van der Waals surface area contributed by atoms with Crippen LogP contribution in [0.2, 0.25) is 0 Å². The maximum Gasteiger partial charge on any atom is 0.427 e. The van der Waals surface area contributed by atoms with Gasteiger partial charge in [0, 0.05) is 26.6 Å². The predicted octanol–water partition coefficient (Wildman–Crippen LogP) is 4.42. The normalized spacial score (nSPS) is 22.4. The molecule has 8 heteroatoms. The number of carbonyl (C=O) groups is 2. The van der Waals surface area contributed by atoms with Crippen molar-refractivity contribution >= 4 is 12.0 Å². The first-order valence-electron chi connectivity index (χ1n) is 12.1. The molecule has 35 heavy (non-hydrogen) atoms. The molecule has 2 fully saturated rings. The Morgan fingerprint density at radius 3 is 2.43 bits per heavy atom. The summed E-state index contributed by atoms with van der Waals surface area (Å²) in [6, 6.07) is 17.7. The first-order chi connectivity index (χ1) is 16.7. The predicted molar refractivity (Wildman–Crippen MR) is 131 cm³/mol. The van der Waals surface area contributed by atoms with E-state index in [0.717, 1.165) is 24.0 Å². The molecule has 2 aliphatic rings. The Hall–Kier alpha value is -3.10. The summed E-state index contributed by atoms with van der Waals surface area (Å²) in [4.78, 5) is 25.1. The number of nitrogens with one attached hydrogen (secondary N) is 1. The second-order valence-electron chi connectivity index (χ2n) is 10.0. The van der Waals surface area contributed by atoms with Gasteiger partial charge in [-0.25, -0.2) is 14.8 Å². The highest BCUT2D eigenvalue weighted by atomic mass is 16.6. The number of hydrazine groups is 1. The van der Waals surface area contributed by atoms with Crippen molar-refractivity contribution in [1.82, 2.24) is 15.3 Å². The van der Waals surface area contributed by atoms with Gasteiger partial charge in [0.15, 0.2) is 12.3 Å². The average molecular weight is 482 g/mol. The Morgan fingerprint density at radius 2 is 1.83 bits per heavy atom. The number of nitrogens with zero attached hydrogens (tertiary/aromatic N) is 2. The quantitative estimate of drug-likeness (QED) is 0.658. The van der Waals surface area contributed by atoms with Crippen molar-refractivity contribution in [3.05, 3.63) is 65.7 Å². The lowest BCUT2D eigenvalue weighted by Crippen LogP contribution is -2.54. The van der Waals surface area contributed by atoms with E-state index in [9.17, 15) is 9.59 Å². The fourth-order valence-electron chi connectivity index (χ4n) is 4.70. The zero-order valence-electron chi connectivity index (χ0n) is 21.0. The summed E-state index contributed by atoms with van der Waals surface area (Å²) in [6.07, 6.45) is 1.87. The maximum absolute atomic E-state index is 13.6. The maximum atomic E-state index is 13.6. The molecule has 0 saturated carbocycles. The Bertz CT molecular complexity index is 1010. The third-order valence-corrected chi connectivity index (χ3v) is 6.26. The molecule has 0 aliphatic carbocycles. The van der Waals surface area contributed by atoms with E-state index in [-0.39, 0.29) is 18.6 Å². The van der Waals surface area contributed by atoms with Gasteiger partial charge in [0.25, 0.3) is 5.91 Å². The molecule has 2 aliphatic heterocycles. The largest absolute Gasteiger partial charge is 0.484 e. The molecule has 2 amide bonds. The van der Waals surface area contributed by atoms with Gasteiger partial charge in [-0.1, -0.05) is 42.5 Å². The lowest BCUT2D eigenvalue weighted by atomic mass is 9.97. The van der Waals surface area contributed by atoms with E-state index in [4.69, 9.17) is 14.2 Å². The molecule has 2 atom stereocenters. The second-order valence-corrected chi connectivity index (χ2v) is 10.0. The van der Waals surface area contributed by atoms with E-state index >= 15 is 0 Å². The molecule has 2 unspecified atom stereocenters. The Morgan fingerprint density at radius 1 is 1.11 bits per heavy atom. The van der Waals surface area contributed by atoms with Crippen LogP contribution in [0, 0.1) is 0 Å². The zero-order chi connectivity index (χ0) is 25.1. The fraction of sp³-hybridized carbons (Fsp3) is 0.481. The standard InChI is InChI=1S/C27H35N3O5/c1-26(2,3)35-25(32)30-27(15-8-16-34-27)17-23(29(30)18-20-9-6-5-7-10-20)21-11-13-22(14-12-21)33-19-24(31)28-4/h5-7,9-14,23H,8,15-19H2,1-4H3,(H,28,31). The second kappa shape index (κ2) is 10.3. The van der Waals surface area contributed by atoms with Crippen LogP contribution in [0.5, 0.6) is 5.75 Å². The van der Waals surface area contributed by atoms with Crippen molar-refractivity contribution < 1.29 is 23.8 Å². The number of benzene rings is 2. The average Bonchev–Trinajstić information content (AvgIpc) is 3.42. The SMILES string of the molecule is CNC(=O)COc1ccc(C2CC3(CCCO3)N(C(=O)OC(C)(C)C)N2Cc2ccccc2)cc1. The highest BCUT2D eigenvalue weighted by Crippen LogP contribution is 2.49. The molecule has 0 bridgehead atoms. The van der Waals surface area contributed by atoms with Crippen molar-refractivity contribution in [3.8, 4) is 5.75 Å². The van der Waals surface area contributed by atoms with Gasteiger partial charge < -0.3 is 19.5 Å². The summed E-state index contributed by atoms with van der Waals surface area (Å²) >= 11 is 0. The molecule has 1 spiro atoms. The Kier molecular flexibility index (Phi) is 7.33. The van der Waals surface area contributed by atoms with E-state index in [1.165, 1.54) is 0 Å². The van der Waals surface area contributed by atoms with Crippen LogP contribution in [0.15, 0.2) is 54.6 Å². The summed E-state index contributed by atoms with van der Waals surface area (Å²) < 4.78 is 17.7. The highest BCUT2D eigenvalue weighted by molar-refractivity contribution is 5.77. The minimum absolute atomic E-state index is 0.0389. The van der Waals surface area contributed by atoms with Crippen molar-refractivity contribution in [1.29, 1.82) is 0 Å². The van der Waals surface area contributed by atoms with E-state index in [0.29, 0.717) is 25.3 Å². The van der Waals surface area contributed by atoms with Crippen LogP contribution in [-0.2, 0) is 20.8 Å².